The van der Waals surface area contributed by atoms with Gasteiger partial charge in [-0.25, -0.2) is 4.98 Å². The first-order valence-corrected chi connectivity index (χ1v) is 9.44. The van der Waals surface area contributed by atoms with E-state index in [2.05, 4.69) is 41.4 Å². The van der Waals surface area contributed by atoms with Crippen molar-refractivity contribution < 1.29 is 9.59 Å². The molecule has 3 aromatic carbocycles. The van der Waals surface area contributed by atoms with Crippen LogP contribution in [0, 0.1) is 0 Å². The second kappa shape index (κ2) is 8.07. The van der Waals surface area contributed by atoms with E-state index in [0.717, 1.165) is 16.7 Å². The number of benzene rings is 3. The van der Waals surface area contributed by atoms with Gasteiger partial charge in [0.25, 0.3) is 0 Å². The molecule has 4 rings (SSSR count). The first-order chi connectivity index (χ1) is 14.3. The van der Waals surface area contributed by atoms with Crippen LogP contribution in [0.4, 0.5) is 0 Å². The van der Waals surface area contributed by atoms with Crippen molar-refractivity contribution in [2.75, 3.05) is 0 Å². The molecule has 0 N–H and O–H groups in total. The Kier molecular flexibility index (Phi) is 5.16. The second-order valence-electron chi connectivity index (χ2n) is 6.77. The van der Waals surface area contributed by atoms with Gasteiger partial charge in [-0.1, -0.05) is 91.0 Å². The minimum absolute atomic E-state index is 0.175. The largest absolute Gasteiger partial charge is 0.318 e. The summed E-state index contributed by atoms with van der Waals surface area (Å²) in [6.07, 6.45) is 3.84. The first kappa shape index (κ1) is 18.6. The van der Waals surface area contributed by atoms with E-state index >= 15 is 0 Å². The Morgan fingerprint density at radius 2 is 1.24 bits per heavy atom. The highest BCUT2D eigenvalue weighted by Gasteiger charge is 2.38. The molecule has 0 unspecified atom stereocenters. The summed E-state index contributed by atoms with van der Waals surface area (Å²) in [6.45, 7) is 0. The van der Waals surface area contributed by atoms with E-state index in [9.17, 15) is 9.59 Å². The van der Waals surface area contributed by atoms with Crippen LogP contribution in [-0.2, 0) is 10.3 Å². The van der Waals surface area contributed by atoms with Gasteiger partial charge in [-0.05, 0) is 16.7 Å². The van der Waals surface area contributed by atoms with Gasteiger partial charge in [0.05, 0.1) is 12.7 Å². The molecule has 4 aromatic rings. The third-order valence-electron chi connectivity index (χ3n) is 5.10. The van der Waals surface area contributed by atoms with E-state index in [0.29, 0.717) is 6.29 Å². The first-order valence-electron chi connectivity index (χ1n) is 9.44. The number of aldehydes is 1. The molecule has 4 nitrogen and oxygen atoms in total. The van der Waals surface area contributed by atoms with Crippen molar-refractivity contribution in [2.45, 2.75) is 12.0 Å². The summed E-state index contributed by atoms with van der Waals surface area (Å²) in [7, 11) is 0. The van der Waals surface area contributed by atoms with Gasteiger partial charge >= 0.3 is 0 Å². The summed E-state index contributed by atoms with van der Waals surface area (Å²) in [4.78, 5) is 27.4. The second-order valence-corrected chi connectivity index (χ2v) is 6.77. The summed E-state index contributed by atoms with van der Waals surface area (Å²) in [5.41, 5.74) is 2.71. The van der Waals surface area contributed by atoms with Gasteiger partial charge in [-0.2, -0.15) is 0 Å². The highest BCUT2D eigenvalue weighted by molar-refractivity contribution is 6.01. The van der Waals surface area contributed by atoms with Crippen LogP contribution in [0.1, 0.15) is 33.6 Å². The molecule has 29 heavy (non-hydrogen) atoms. The third-order valence-corrected chi connectivity index (χ3v) is 5.10. The van der Waals surface area contributed by atoms with Crippen molar-refractivity contribution in [2.24, 2.45) is 0 Å². The Morgan fingerprint density at radius 3 is 1.66 bits per heavy atom. The molecule has 0 radical (unpaired) electrons. The van der Waals surface area contributed by atoms with Crippen LogP contribution < -0.4 is 0 Å². The van der Waals surface area contributed by atoms with Gasteiger partial charge in [0.15, 0.2) is 5.78 Å². The Morgan fingerprint density at radius 1 is 0.793 bits per heavy atom. The number of ketones is 1. The zero-order valence-electron chi connectivity index (χ0n) is 15.8. The summed E-state index contributed by atoms with van der Waals surface area (Å²) in [5, 5.41) is 0. The van der Waals surface area contributed by atoms with E-state index in [-0.39, 0.29) is 17.9 Å². The molecule has 0 bridgehead atoms. The van der Waals surface area contributed by atoms with Gasteiger partial charge in [0, 0.05) is 6.20 Å². The lowest BCUT2D eigenvalue weighted by molar-refractivity contribution is -0.107. The van der Waals surface area contributed by atoms with Crippen molar-refractivity contribution in [3.05, 3.63) is 126 Å². The van der Waals surface area contributed by atoms with Gasteiger partial charge in [-0.15, -0.1) is 0 Å². The van der Waals surface area contributed by atoms with Crippen LogP contribution in [-0.4, -0.2) is 21.6 Å². The highest BCUT2D eigenvalue weighted by Crippen LogP contribution is 2.40. The zero-order chi connectivity index (χ0) is 20.1. The number of hydrogen-bond donors (Lipinski definition) is 0. The molecular formula is C25H20N2O2. The van der Waals surface area contributed by atoms with Crippen molar-refractivity contribution in [1.82, 2.24) is 9.55 Å². The number of carbonyl (C=O) groups is 2. The summed E-state index contributed by atoms with van der Waals surface area (Å²) in [5.74, 6) is -0.290. The summed E-state index contributed by atoms with van der Waals surface area (Å²) < 4.78 is 1.96. The molecule has 0 saturated heterocycles. The number of rotatable bonds is 7. The van der Waals surface area contributed by atoms with Gasteiger partial charge in [0.1, 0.15) is 17.5 Å². The van der Waals surface area contributed by atoms with Crippen LogP contribution >= 0.6 is 0 Å². The molecule has 0 saturated carbocycles. The van der Waals surface area contributed by atoms with Crippen molar-refractivity contribution in [3.8, 4) is 0 Å². The number of aromatic nitrogens is 2. The molecule has 142 valence electrons. The van der Waals surface area contributed by atoms with Crippen molar-refractivity contribution in [3.63, 3.8) is 0 Å². The quantitative estimate of drug-likeness (QED) is 0.205. The minimum atomic E-state index is -0.712. The fraction of sp³-hybridized carbons (Fsp3) is 0.0800. The summed E-state index contributed by atoms with van der Waals surface area (Å²) in [6, 6.07) is 30.4. The molecule has 1 heterocycles. The lowest BCUT2D eigenvalue weighted by Crippen LogP contribution is -2.37. The predicted octanol–water partition coefficient (Wildman–Crippen LogP) is 4.50. The number of imidazole rings is 1. The number of Topliss-reactive ketones (excluding diaryl/α,β-unsaturated/α-hetero) is 1. The number of nitrogens with zero attached hydrogens (tertiary/aromatic N) is 2. The van der Waals surface area contributed by atoms with Gasteiger partial charge in [-0.3, -0.25) is 4.79 Å². The van der Waals surface area contributed by atoms with E-state index < -0.39 is 5.54 Å². The average Bonchev–Trinajstić information content (AvgIpc) is 3.27. The Labute approximate surface area is 169 Å². The van der Waals surface area contributed by atoms with Crippen LogP contribution in [0.5, 0.6) is 0 Å². The fourth-order valence-corrected chi connectivity index (χ4v) is 3.82. The van der Waals surface area contributed by atoms with Crippen LogP contribution in [0.15, 0.2) is 104 Å². The molecule has 0 atom stereocenters. The minimum Gasteiger partial charge on any atom is -0.318 e. The lowest BCUT2D eigenvalue weighted by Gasteiger charge is -2.37. The Balaban J connectivity index is 2.04. The highest BCUT2D eigenvalue weighted by atomic mass is 16.1. The number of carbonyl (C=O) groups excluding carboxylic acids is 2. The molecule has 0 spiro atoms. The Hall–Kier alpha value is -3.79. The van der Waals surface area contributed by atoms with Crippen molar-refractivity contribution >= 4 is 12.1 Å². The smallest absolute Gasteiger partial charge is 0.189 e. The van der Waals surface area contributed by atoms with E-state index in [1.165, 1.54) is 0 Å². The maximum Gasteiger partial charge on any atom is 0.189 e. The molecule has 4 heteroatoms. The molecule has 1 aromatic heterocycles. The van der Waals surface area contributed by atoms with Gasteiger partial charge < -0.3 is 9.36 Å². The van der Waals surface area contributed by atoms with Gasteiger partial charge in [0.2, 0.25) is 0 Å². The monoisotopic (exact) mass is 380 g/mol. The maximum absolute atomic E-state index is 12.3. The Bertz CT molecular complexity index is 1010. The van der Waals surface area contributed by atoms with E-state index in [4.69, 9.17) is 0 Å². The third kappa shape index (κ3) is 3.29. The fourth-order valence-electron chi connectivity index (χ4n) is 3.82. The van der Waals surface area contributed by atoms with Crippen molar-refractivity contribution in [1.29, 1.82) is 0 Å². The normalized spacial score (nSPS) is 11.2. The molecule has 0 aliphatic carbocycles. The van der Waals surface area contributed by atoms with Crippen LogP contribution in [0.3, 0.4) is 0 Å². The SMILES string of the molecule is O=CCC(=O)c1cn(C(c2ccccc2)(c2ccccc2)c2ccccc2)cn1. The van der Waals surface area contributed by atoms with Crippen LogP contribution in [0.25, 0.3) is 0 Å². The average molecular weight is 380 g/mol. The molecule has 0 amide bonds. The van der Waals surface area contributed by atoms with E-state index in [1.54, 1.807) is 12.5 Å². The number of hydrogen-bond acceptors (Lipinski definition) is 3. The molecule has 0 fully saturated rings. The standard InChI is InChI=1S/C25H20N2O2/c28-17-16-24(29)23-18-27(19-26-23)25(20-10-4-1-5-11-20,21-12-6-2-7-13-21)22-14-8-3-9-15-22/h1-15,17-19H,16H2. The van der Waals surface area contributed by atoms with E-state index in [1.807, 2.05) is 59.2 Å². The summed E-state index contributed by atoms with van der Waals surface area (Å²) >= 11 is 0. The molecule has 0 aliphatic rings. The predicted molar refractivity (Wildman–Crippen MR) is 112 cm³/mol. The molecule has 0 aliphatic heterocycles. The topological polar surface area (TPSA) is 52.0 Å². The van der Waals surface area contributed by atoms with Crippen LogP contribution in [0.2, 0.25) is 0 Å². The zero-order valence-corrected chi connectivity index (χ0v) is 15.8. The molecular weight excluding hydrogens is 360 g/mol. The maximum atomic E-state index is 12.3. The lowest BCUT2D eigenvalue weighted by atomic mass is 9.77.